The van der Waals surface area contributed by atoms with Crippen LogP contribution in [0.25, 0.3) is 0 Å². The van der Waals surface area contributed by atoms with Gasteiger partial charge in [0.05, 0.1) is 11.0 Å². The predicted octanol–water partition coefficient (Wildman–Crippen LogP) is 1.26. The molecule has 1 saturated carbocycles. The first-order valence-electron chi connectivity index (χ1n) is 5.22. The fraction of sp³-hybridized carbons (Fsp3) is 0.500. The Morgan fingerprint density at radius 3 is 2.88 bits per heavy atom. The lowest BCUT2D eigenvalue weighted by atomic mass is 10.3. The Morgan fingerprint density at radius 1 is 1.65 bits per heavy atom. The van der Waals surface area contributed by atoms with Crippen molar-refractivity contribution in [2.45, 2.75) is 18.9 Å². The van der Waals surface area contributed by atoms with Crippen LogP contribution in [0.2, 0.25) is 0 Å². The molecule has 0 radical (unpaired) electrons. The first kappa shape index (κ1) is 12.5. The molecular weight excluding hydrogens is 306 g/mol. The van der Waals surface area contributed by atoms with E-state index in [-0.39, 0.29) is 18.4 Å². The van der Waals surface area contributed by atoms with E-state index in [4.69, 9.17) is 0 Å². The van der Waals surface area contributed by atoms with Gasteiger partial charge in [0.2, 0.25) is 5.91 Å². The van der Waals surface area contributed by atoms with Crippen molar-refractivity contribution >= 4 is 39.3 Å². The molecule has 1 aromatic heterocycles. The molecule has 92 valence electrons. The van der Waals surface area contributed by atoms with E-state index in [2.05, 4.69) is 25.6 Å². The van der Waals surface area contributed by atoms with Gasteiger partial charge < -0.3 is 10.2 Å². The van der Waals surface area contributed by atoms with E-state index < -0.39 is 0 Å². The molecule has 1 N–H and O–H groups in total. The number of rotatable bonds is 4. The highest BCUT2D eigenvalue weighted by molar-refractivity contribution is 9.10. The highest BCUT2D eigenvalue weighted by Gasteiger charge is 2.25. The molecule has 0 atom stereocenters. The lowest BCUT2D eigenvalue weighted by Crippen LogP contribution is -2.39. The van der Waals surface area contributed by atoms with Crippen LogP contribution in [0.5, 0.6) is 0 Å². The molecular formula is C10H12BrN3O2S. The summed E-state index contributed by atoms with van der Waals surface area (Å²) < 4.78 is 4.66. The van der Waals surface area contributed by atoms with Crippen molar-refractivity contribution in [3.63, 3.8) is 0 Å². The van der Waals surface area contributed by atoms with Gasteiger partial charge in [0, 0.05) is 18.5 Å². The third-order valence-corrected chi connectivity index (χ3v) is 3.94. The van der Waals surface area contributed by atoms with Crippen LogP contribution < -0.4 is 5.32 Å². The van der Waals surface area contributed by atoms with E-state index in [9.17, 15) is 9.59 Å². The van der Waals surface area contributed by atoms with Gasteiger partial charge in [-0.1, -0.05) is 0 Å². The zero-order chi connectivity index (χ0) is 12.4. The van der Waals surface area contributed by atoms with Crippen LogP contribution in [0.15, 0.2) is 9.85 Å². The monoisotopic (exact) mass is 317 g/mol. The van der Waals surface area contributed by atoms with Crippen molar-refractivity contribution < 1.29 is 9.59 Å². The summed E-state index contributed by atoms with van der Waals surface area (Å²) in [4.78, 5) is 24.8. The van der Waals surface area contributed by atoms with Gasteiger partial charge in [-0.3, -0.25) is 9.59 Å². The fourth-order valence-electron chi connectivity index (χ4n) is 1.33. The summed E-state index contributed by atoms with van der Waals surface area (Å²) >= 11 is 4.46. The molecule has 5 nitrogen and oxygen atoms in total. The van der Waals surface area contributed by atoms with Crippen LogP contribution in [0, 0.1) is 0 Å². The summed E-state index contributed by atoms with van der Waals surface area (Å²) in [6.45, 7) is 0.0687. The number of hydrogen-bond donors (Lipinski definition) is 1. The molecule has 0 unspecified atom stereocenters. The Hall–Kier alpha value is -0.950. The lowest BCUT2D eigenvalue weighted by molar-refractivity contribution is -0.121. The lowest BCUT2D eigenvalue weighted by Gasteiger charge is -2.15. The molecule has 0 saturated heterocycles. The second-order valence-corrected chi connectivity index (χ2v) is 5.50. The van der Waals surface area contributed by atoms with Crippen molar-refractivity contribution in [2.24, 2.45) is 0 Å². The van der Waals surface area contributed by atoms with Crippen LogP contribution in [-0.4, -0.2) is 40.7 Å². The van der Waals surface area contributed by atoms with Crippen molar-refractivity contribution in [1.29, 1.82) is 0 Å². The average molecular weight is 318 g/mol. The number of carbonyl (C=O) groups excluding carboxylic acids is 2. The molecule has 1 aliphatic carbocycles. The van der Waals surface area contributed by atoms with Gasteiger partial charge in [-0.15, -0.1) is 0 Å². The Labute approximate surface area is 111 Å². The van der Waals surface area contributed by atoms with E-state index in [0.29, 0.717) is 16.2 Å². The molecule has 0 bridgehead atoms. The van der Waals surface area contributed by atoms with Crippen LogP contribution >= 0.6 is 27.5 Å². The standard InChI is InChI=1S/C10H12BrN3O2S/c1-14(4-8(15)12-6-2-3-6)10(16)9-7(11)5-17-13-9/h5-6H,2-4H2,1H3,(H,12,15). The minimum Gasteiger partial charge on any atom is -0.352 e. The van der Waals surface area contributed by atoms with E-state index in [1.165, 1.54) is 16.4 Å². The quantitative estimate of drug-likeness (QED) is 0.909. The SMILES string of the molecule is CN(CC(=O)NC1CC1)C(=O)c1nscc1Br. The van der Waals surface area contributed by atoms with Crippen LogP contribution in [0.4, 0.5) is 0 Å². The first-order chi connectivity index (χ1) is 8.08. The summed E-state index contributed by atoms with van der Waals surface area (Å²) in [5.41, 5.74) is 0.358. The topological polar surface area (TPSA) is 62.3 Å². The number of aromatic nitrogens is 1. The maximum absolute atomic E-state index is 11.9. The largest absolute Gasteiger partial charge is 0.352 e. The Bertz CT molecular complexity index is 445. The molecule has 1 aromatic rings. The molecule has 1 fully saturated rings. The Morgan fingerprint density at radius 2 is 2.35 bits per heavy atom. The molecule has 1 aliphatic rings. The van der Waals surface area contributed by atoms with E-state index >= 15 is 0 Å². The second-order valence-electron chi connectivity index (χ2n) is 4.01. The summed E-state index contributed by atoms with van der Waals surface area (Å²) in [7, 11) is 1.60. The molecule has 2 rings (SSSR count). The summed E-state index contributed by atoms with van der Waals surface area (Å²) in [5, 5.41) is 4.58. The third kappa shape index (κ3) is 3.26. The maximum atomic E-state index is 11.9. The number of hydrogen-bond acceptors (Lipinski definition) is 4. The Balaban J connectivity index is 1.90. The van der Waals surface area contributed by atoms with Gasteiger partial charge in [-0.2, -0.15) is 4.37 Å². The van der Waals surface area contributed by atoms with Crippen LogP contribution in [0.3, 0.4) is 0 Å². The number of carbonyl (C=O) groups is 2. The van der Waals surface area contributed by atoms with E-state index in [0.717, 1.165) is 12.8 Å². The average Bonchev–Trinajstić information content (AvgIpc) is 2.97. The molecule has 2 amide bonds. The van der Waals surface area contributed by atoms with Gasteiger partial charge in [0.25, 0.3) is 5.91 Å². The van der Waals surface area contributed by atoms with Gasteiger partial charge in [0.15, 0.2) is 5.69 Å². The van der Waals surface area contributed by atoms with E-state index in [1.54, 1.807) is 12.4 Å². The summed E-state index contributed by atoms with van der Waals surface area (Å²) in [6, 6.07) is 0.317. The molecule has 0 spiro atoms. The summed E-state index contributed by atoms with van der Waals surface area (Å²) in [6.07, 6.45) is 2.09. The normalized spacial score (nSPS) is 14.5. The molecule has 1 heterocycles. The minimum atomic E-state index is -0.246. The molecule has 17 heavy (non-hydrogen) atoms. The zero-order valence-corrected chi connectivity index (χ0v) is 11.7. The third-order valence-electron chi connectivity index (χ3n) is 2.40. The van der Waals surface area contributed by atoms with Crippen molar-refractivity contribution in [3.05, 3.63) is 15.5 Å². The molecule has 0 aromatic carbocycles. The zero-order valence-electron chi connectivity index (χ0n) is 9.27. The predicted molar refractivity (Wildman–Crippen MR) is 67.9 cm³/mol. The van der Waals surface area contributed by atoms with E-state index in [1.807, 2.05) is 0 Å². The van der Waals surface area contributed by atoms with Crippen molar-refractivity contribution in [3.8, 4) is 0 Å². The molecule has 0 aliphatic heterocycles. The smallest absolute Gasteiger partial charge is 0.274 e. The van der Waals surface area contributed by atoms with Crippen LogP contribution in [-0.2, 0) is 4.79 Å². The van der Waals surface area contributed by atoms with Crippen molar-refractivity contribution in [1.82, 2.24) is 14.6 Å². The fourth-order valence-corrected chi connectivity index (χ4v) is 2.50. The van der Waals surface area contributed by atoms with Crippen molar-refractivity contribution in [2.75, 3.05) is 13.6 Å². The van der Waals surface area contributed by atoms with Gasteiger partial charge >= 0.3 is 0 Å². The number of amides is 2. The number of nitrogens with one attached hydrogen (secondary N) is 1. The molecule has 7 heteroatoms. The Kier molecular flexibility index (Phi) is 3.78. The van der Waals surface area contributed by atoms with Gasteiger partial charge in [-0.05, 0) is 40.3 Å². The second kappa shape index (κ2) is 5.14. The number of nitrogens with zero attached hydrogens (tertiary/aromatic N) is 2. The maximum Gasteiger partial charge on any atom is 0.274 e. The number of halogens is 1. The van der Waals surface area contributed by atoms with Crippen LogP contribution in [0.1, 0.15) is 23.3 Å². The summed E-state index contributed by atoms with van der Waals surface area (Å²) in [5.74, 6) is -0.362. The first-order valence-corrected chi connectivity index (χ1v) is 6.85. The highest BCUT2D eigenvalue weighted by Crippen LogP contribution is 2.20. The highest BCUT2D eigenvalue weighted by atomic mass is 79.9. The number of likely N-dealkylation sites (N-methyl/N-ethyl adjacent to an activating group) is 1. The minimum absolute atomic E-state index is 0.0687. The van der Waals surface area contributed by atoms with Gasteiger partial charge in [0.1, 0.15) is 0 Å². The van der Waals surface area contributed by atoms with Gasteiger partial charge in [-0.25, -0.2) is 0 Å².